The Morgan fingerprint density at radius 1 is 1.00 bits per heavy atom. The molecule has 0 aliphatic carbocycles. The van der Waals surface area contributed by atoms with Crippen molar-refractivity contribution in [2.24, 2.45) is 5.92 Å². The van der Waals surface area contributed by atoms with Gasteiger partial charge in [0, 0.05) is 10.7 Å². The molecule has 1 unspecified atom stereocenters. The van der Waals surface area contributed by atoms with Gasteiger partial charge in [-0.2, -0.15) is 13.2 Å². The summed E-state index contributed by atoms with van der Waals surface area (Å²) in [6.45, 7) is 3.58. The fourth-order valence-electron chi connectivity index (χ4n) is 3.67. The zero-order valence-electron chi connectivity index (χ0n) is 17.6. The molecule has 0 saturated heterocycles. The van der Waals surface area contributed by atoms with Crippen LogP contribution in [-0.2, 0) is 11.0 Å². The monoisotopic (exact) mass is 461 g/mol. The molecule has 1 atom stereocenters. The van der Waals surface area contributed by atoms with E-state index < -0.39 is 23.6 Å². The molecular formula is C25H23ClF3NO2. The third kappa shape index (κ3) is 5.62. The first-order valence-electron chi connectivity index (χ1n) is 10.1. The number of carbonyl (C=O) groups is 1. The number of hydrogen-bond donors (Lipinski definition) is 2. The first kappa shape index (κ1) is 23.7. The maximum atomic E-state index is 14.3. The van der Waals surface area contributed by atoms with E-state index in [1.54, 1.807) is 68.4 Å². The van der Waals surface area contributed by atoms with Gasteiger partial charge in [-0.15, -0.1) is 0 Å². The van der Waals surface area contributed by atoms with Crippen LogP contribution in [0.25, 0.3) is 11.1 Å². The number of carboxylic acids is 1. The van der Waals surface area contributed by atoms with E-state index in [1.165, 1.54) is 12.1 Å². The van der Waals surface area contributed by atoms with Gasteiger partial charge in [-0.3, -0.25) is 4.79 Å². The second kappa shape index (κ2) is 9.65. The van der Waals surface area contributed by atoms with Crippen molar-refractivity contribution < 1.29 is 23.1 Å². The van der Waals surface area contributed by atoms with Crippen molar-refractivity contribution in [3.8, 4) is 11.1 Å². The maximum absolute atomic E-state index is 14.3. The summed E-state index contributed by atoms with van der Waals surface area (Å²) < 4.78 is 43.0. The Morgan fingerprint density at radius 2 is 1.62 bits per heavy atom. The van der Waals surface area contributed by atoms with E-state index in [0.29, 0.717) is 21.8 Å². The Hall–Kier alpha value is -2.99. The number of anilines is 2. The molecule has 0 heterocycles. The molecular weight excluding hydrogens is 439 g/mol. The minimum Gasteiger partial charge on any atom is -0.481 e. The van der Waals surface area contributed by atoms with Crippen molar-refractivity contribution >= 4 is 28.9 Å². The average Bonchev–Trinajstić information content (AvgIpc) is 2.72. The van der Waals surface area contributed by atoms with Gasteiger partial charge in [0.1, 0.15) is 0 Å². The Labute approximate surface area is 189 Å². The molecule has 0 saturated carbocycles. The number of aliphatic carboxylic acids is 1. The molecule has 3 rings (SSSR count). The van der Waals surface area contributed by atoms with Crippen LogP contribution in [0.2, 0.25) is 5.02 Å². The van der Waals surface area contributed by atoms with Gasteiger partial charge in [0.15, 0.2) is 0 Å². The van der Waals surface area contributed by atoms with Crippen LogP contribution in [0.1, 0.15) is 37.3 Å². The molecule has 0 fully saturated rings. The number of benzene rings is 3. The molecule has 0 aliphatic rings. The Morgan fingerprint density at radius 3 is 2.16 bits per heavy atom. The van der Waals surface area contributed by atoms with Gasteiger partial charge in [-0.25, -0.2) is 0 Å². The Bertz CT molecular complexity index is 1080. The number of halogens is 4. The normalized spacial score (nSPS) is 12.6. The van der Waals surface area contributed by atoms with Crippen LogP contribution < -0.4 is 5.32 Å². The zero-order chi connectivity index (χ0) is 23.5. The predicted octanol–water partition coefficient (Wildman–Crippen LogP) is 7.98. The lowest BCUT2D eigenvalue weighted by molar-refractivity contribution is -0.141. The summed E-state index contributed by atoms with van der Waals surface area (Å²) in [6, 6.07) is 17.9. The predicted molar refractivity (Wildman–Crippen MR) is 121 cm³/mol. The molecule has 0 spiro atoms. The first-order chi connectivity index (χ1) is 15.1. The largest absolute Gasteiger partial charge is 0.481 e. The van der Waals surface area contributed by atoms with Crippen LogP contribution in [0.4, 0.5) is 24.5 Å². The van der Waals surface area contributed by atoms with E-state index in [-0.39, 0.29) is 23.6 Å². The van der Waals surface area contributed by atoms with E-state index in [2.05, 4.69) is 5.32 Å². The fraction of sp³-hybridized carbons (Fsp3) is 0.240. The third-order valence-electron chi connectivity index (χ3n) is 5.06. The summed E-state index contributed by atoms with van der Waals surface area (Å²) in [5.41, 5.74) is 0.171. The van der Waals surface area contributed by atoms with Crippen LogP contribution in [0.5, 0.6) is 0 Å². The quantitative estimate of drug-likeness (QED) is 0.375. The van der Waals surface area contributed by atoms with E-state index >= 15 is 0 Å². The van der Waals surface area contributed by atoms with Crippen molar-refractivity contribution in [2.75, 3.05) is 5.32 Å². The lowest BCUT2D eigenvalue weighted by Crippen LogP contribution is -2.21. The van der Waals surface area contributed by atoms with Gasteiger partial charge >= 0.3 is 12.1 Å². The highest BCUT2D eigenvalue weighted by molar-refractivity contribution is 6.30. The third-order valence-corrected chi connectivity index (χ3v) is 5.32. The minimum atomic E-state index is -4.76. The molecule has 2 N–H and O–H groups in total. The second-order valence-electron chi connectivity index (χ2n) is 8.00. The van der Waals surface area contributed by atoms with Gasteiger partial charge in [0.25, 0.3) is 0 Å². The van der Waals surface area contributed by atoms with E-state index in [1.807, 2.05) is 0 Å². The molecule has 0 amide bonds. The smallest absolute Gasteiger partial charge is 0.418 e. The summed E-state index contributed by atoms with van der Waals surface area (Å²) in [7, 11) is 0. The molecule has 0 radical (unpaired) electrons. The summed E-state index contributed by atoms with van der Waals surface area (Å²) in [4.78, 5) is 12.1. The number of hydrogen-bond acceptors (Lipinski definition) is 2. The first-order valence-corrected chi connectivity index (χ1v) is 10.5. The van der Waals surface area contributed by atoms with Crippen LogP contribution in [0, 0.1) is 5.92 Å². The van der Waals surface area contributed by atoms with Crippen molar-refractivity contribution in [3.05, 3.63) is 82.9 Å². The lowest BCUT2D eigenvalue weighted by atomic mass is 9.84. The van der Waals surface area contributed by atoms with Gasteiger partial charge in [0.2, 0.25) is 0 Å². The lowest BCUT2D eigenvalue weighted by Gasteiger charge is -2.25. The van der Waals surface area contributed by atoms with Gasteiger partial charge in [-0.1, -0.05) is 55.8 Å². The molecule has 7 heteroatoms. The Balaban J connectivity index is 2.29. The maximum Gasteiger partial charge on any atom is 0.418 e. The fourth-order valence-corrected chi connectivity index (χ4v) is 3.80. The van der Waals surface area contributed by atoms with Crippen molar-refractivity contribution in [2.45, 2.75) is 32.4 Å². The van der Waals surface area contributed by atoms with Crippen molar-refractivity contribution in [3.63, 3.8) is 0 Å². The highest BCUT2D eigenvalue weighted by atomic mass is 35.5. The summed E-state index contributed by atoms with van der Waals surface area (Å²) >= 11 is 5.90. The second-order valence-corrected chi connectivity index (χ2v) is 8.44. The average molecular weight is 462 g/mol. The number of alkyl halides is 3. The molecule has 0 bridgehead atoms. The highest BCUT2D eigenvalue weighted by Crippen LogP contribution is 2.45. The van der Waals surface area contributed by atoms with Gasteiger partial charge < -0.3 is 10.4 Å². The minimum absolute atomic E-state index is 0.0804. The van der Waals surface area contributed by atoms with Crippen LogP contribution in [-0.4, -0.2) is 11.1 Å². The summed E-state index contributed by atoms with van der Waals surface area (Å²) in [5.74, 6) is -2.70. The number of carboxylic acid groups (broad SMARTS) is 1. The van der Waals surface area contributed by atoms with Crippen molar-refractivity contribution in [1.29, 1.82) is 0 Å². The highest BCUT2D eigenvalue weighted by Gasteiger charge is 2.40. The van der Waals surface area contributed by atoms with E-state index in [9.17, 15) is 23.1 Å². The van der Waals surface area contributed by atoms with Crippen LogP contribution in [0.3, 0.4) is 0 Å². The van der Waals surface area contributed by atoms with E-state index in [0.717, 1.165) is 0 Å². The molecule has 3 nitrogen and oxygen atoms in total. The SMILES string of the molecule is CC(C)CC(C(=O)O)c1cc(-c2ccccc2)cc(Nc2ccc(Cl)cc2)c1C(F)(F)F. The van der Waals surface area contributed by atoms with Gasteiger partial charge in [-0.05, 0) is 65.4 Å². The van der Waals surface area contributed by atoms with Gasteiger partial charge in [0.05, 0.1) is 17.2 Å². The van der Waals surface area contributed by atoms with Crippen LogP contribution >= 0.6 is 11.6 Å². The number of nitrogens with one attached hydrogen (secondary N) is 1. The summed E-state index contributed by atoms with van der Waals surface area (Å²) in [6.07, 6.45) is -4.68. The number of rotatable bonds is 7. The van der Waals surface area contributed by atoms with E-state index in [4.69, 9.17) is 11.6 Å². The molecule has 3 aromatic carbocycles. The van der Waals surface area contributed by atoms with Crippen molar-refractivity contribution in [1.82, 2.24) is 0 Å². The molecule has 168 valence electrons. The molecule has 3 aromatic rings. The molecule has 0 aliphatic heterocycles. The van der Waals surface area contributed by atoms with Crippen LogP contribution in [0.15, 0.2) is 66.7 Å². The topological polar surface area (TPSA) is 49.3 Å². The molecule has 32 heavy (non-hydrogen) atoms. The Kier molecular flexibility index (Phi) is 7.14. The standard InChI is InChI=1S/C25H23ClF3NO2/c1-15(2)12-21(24(31)32)20-13-17(16-6-4-3-5-7-16)14-22(23(20)25(27,28)29)30-19-10-8-18(26)9-11-19/h3-11,13-15,21,30H,12H2,1-2H3,(H,31,32). The summed E-state index contributed by atoms with van der Waals surface area (Å²) in [5, 5.41) is 13.1. The zero-order valence-corrected chi connectivity index (χ0v) is 18.3. The molecule has 0 aromatic heterocycles.